The van der Waals surface area contributed by atoms with Crippen LogP contribution in [0.3, 0.4) is 0 Å². The molecule has 0 aliphatic heterocycles. The van der Waals surface area contributed by atoms with Crippen LogP contribution in [-0.2, 0) is 0 Å². The topological polar surface area (TPSA) is 60.2 Å². The van der Waals surface area contributed by atoms with Crippen LogP contribution >= 0.6 is 11.6 Å². The molecule has 1 aromatic carbocycles. The van der Waals surface area contributed by atoms with E-state index in [9.17, 15) is 9.59 Å². The van der Waals surface area contributed by atoms with Gasteiger partial charge < -0.3 is 4.42 Å². The highest BCUT2D eigenvalue weighted by Crippen LogP contribution is 2.19. The van der Waals surface area contributed by atoms with Crippen LogP contribution in [0.2, 0.25) is 5.02 Å². The number of pyridine rings is 1. The first-order valence-electron chi connectivity index (χ1n) is 6.79. The second-order valence-electron chi connectivity index (χ2n) is 4.85. The summed E-state index contributed by atoms with van der Waals surface area (Å²) in [7, 11) is 0. The van der Waals surface area contributed by atoms with Gasteiger partial charge >= 0.3 is 0 Å². The van der Waals surface area contributed by atoms with Crippen molar-refractivity contribution < 1.29 is 14.0 Å². The fourth-order valence-electron chi connectivity index (χ4n) is 2.22. The first-order chi connectivity index (χ1) is 10.6. The standard InChI is InChI=1S/C17H12ClNO3/c18-13-2-1-8-19-17(13)15(21)5-4-14(20)11-3-6-16-12(10-11)7-9-22-16/h1-3,6-10H,4-5H2. The summed E-state index contributed by atoms with van der Waals surface area (Å²) in [4.78, 5) is 28.2. The molecule has 3 aromatic rings. The number of carbonyl (C=O) groups is 2. The Morgan fingerprint density at radius 1 is 1.09 bits per heavy atom. The number of Topliss-reactive ketones (excluding diaryl/α,β-unsaturated/α-hetero) is 2. The third-order valence-electron chi connectivity index (χ3n) is 3.38. The maximum Gasteiger partial charge on any atom is 0.183 e. The molecule has 0 spiro atoms. The van der Waals surface area contributed by atoms with Gasteiger partial charge in [-0.1, -0.05) is 11.6 Å². The Kier molecular flexibility index (Phi) is 4.02. The van der Waals surface area contributed by atoms with Gasteiger partial charge in [0.2, 0.25) is 0 Å². The van der Waals surface area contributed by atoms with E-state index in [-0.39, 0.29) is 30.1 Å². The summed E-state index contributed by atoms with van der Waals surface area (Å²) in [5, 5.41) is 1.17. The molecule has 0 fully saturated rings. The van der Waals surface area contributed by atoms with Crippen LogP contribution in [0.5, 0.6) is 0 Å². The SMILES string of the molecule is O=C(CCC(=O)c1ncccc1Cl)c1ccc2occc2c1. The van der Waals surface area contributed by atoms with Gasteiger partial charge in [0.25, 0.3) is 0 Å². The number of carbonyl (C=O) groups excluding carboxylic acids is 2. The zero-order chi connectivity index (χ0) is 15.5. The maximum absolute atomic E-state index is 12.2. The van der Waals surface area contributed by atoms with Crippen molar-refractivity contribution in [3.63, 3.8) is 0 Å². The monoisotopic (exact) mass is 313 g/mol. The average Bonchev–Trinajstić information content (AvgIpc) is 3.00. The van der Waals surface area contributed by atoms with Gasteiger partial charge in [0.1, 0.15) is 11.3 Å². The van der Waals surface area contributed by atoms with E-state index in [4.69, 9.17) is 16.0 Å². The van der Waals surface area contributed by atoms with E-state index < -0.39 is 0 Å². The maximum atomic E-state index is 12.2. The van der Waals surface area contributed by atoms with Gasteiger partial charge in [-0.2, -0.15) is 0 Å². The van der Waals surface area contributed by atoms with Crippen molar-refractivity contribution in [3.05, 3.63) is 65.1 Å². The Balaban J connectivity index is 1.69. The Labute approximate surface area is 131 Å². The van der Waals surface area contributed by atoms with Crippen LogP contribution in [0, 0.1) is 0 Å². The lowest BCUT2D eigenvalue weighted by Gasteiger charge is -2.03. The number of hydrogen-bond donors (Lipinski definition) is 0. The largest absolute Gasteiger partial charge is 0.464 e. The second kappa shape index (κ2) is 6.12. The van der Waals surface area contributed by atoms with Crippen molar-refractivity contribution in [2.24, 2.45) is 0 Å². The number of ketones is 2. The third kappa shape index (κ3) is 2.92. The van der Waals surface area contributed by atoms with Crippen LogP contribution in [0.25, 0.3) is 11.0 Å². The molecular formula is C17H12ClNO3. The lowest BCUT2D eigenvalue weighted by atomic mass is 10.0. The minimum absolute atomic E-state index is 0.0823. The van der Waals surface area contributed by atoms with Crippen molar-refractivity contribution in [2.75, 3.05) is 0 Å². The molecule has 0 N–H and O–H groups in total. The van der Waals surface area contributed by atoms with E-state index in [2.05, 4.69) is 4.98 Å². The molecule has 0 aliphatic carbocycles. The Morgan fingerprint density at radius 3 is 2.73 bits per heavy atom. The second-order valence-corrected chi connectivity index (χ2v) is 5.26. The number of rotatable bonds is 5. The third-order valence-corrected chi connectivity index (χ3v) is 3.68. The van der Waals surface area contributed by atoms with Crippen LogP contribution in [0.15, 0.2) is 53.3 Å². The highest BCUT2D eigenvalue weighted by molar-refractivity contribution is 6.33. The summed E-state index contributed by atoms with van der Waals surface area (Å²) < 4.78 is 5.23. The van der Waals surface area contributed by atoms with Gasteiger partial charge in [0.05, 0.1) is 11.3 Å². The van der Waals surface area contributed by atoms with E-state index in [0.717, 1.165) is 11.0 Å². The van der Waals surface area contributed by atoms with Gasteiger partial charge in [0.15, 0.2) is 11.6 Å². The number of fused-ring (bicyclic) bond motifs is 1. The summed E-state index contributed by atoms with van der Waals surface area (Å²) >= 11 is 5.93. The fourth-order valence-corrected chi connectivity index (χ4v) is 2.45. The van der Waals surface area contributed by atoms with E-state index >= 15 is 0 Å². The highest BCUT2D eigenvalue weighted by Gasteiger charge is 2.15. The quantitative estimate of drug-likeness (QED) is 0.658. The van der Waals surface area contributed by atoms with Crippen molar-refractivity contribution in [2.45, 2.75) is 12.8 Å². The van der Waals surface area contributed by atoms with E-state index in [0.29, 0.717) is 10.6 Å². The predicted molar refractivity (Wildman–Crippen MR) is 83.4 cm³/mol. The van der Waals surface area contributed by atoms with Crippen LogP contribution in [-0.4, -0.2) is 16.6 Å². The van der Waals surface area contributed by atoms with Crippen molar-refractivity contribution >= 4 is 34.1 Å². The molecule has 4 nitrogen and oxygen atoms in total. The predicted octanol–water partition coefficient (Wildman–Crippen LogP) is 4.33. The van der Waals surface area contributed by atoms with Crippen LogP contribution in [0.4, 0.5) is 0 Å². The van der Waals surface area contributed by atoms with E-state index in [1.165, 1.54) is 6.20 Å². The Hall–Kier alpha value is -2.46. The molecule has 0 saturated heterocycles. The summed E-state index contributed by atoms with van der Waals surface area (Å²) in [6.45, 7) is 0. The lowest BCUT2D eigenvalue weighted by Crippen LogP contribution is -2.07. The molecule has 0 amide bonds. The van der Waals surface area contributed by atoms with Crippen molar-refractivity contribution in [1.29, 1.82) is 0 Å². The molecule has 0 saturated carbocycles. The number of hydrogen-bond acceptors (Lipinski definition) is 4. The van der Waals surface area contributed by atoms with Crippen molar-refractivity contribution in [1.82, 2.24) is 4.98 Å². The molecule has 22 heavy (non-hydrogen) atoms. The molecule has 110 valence electrons. The molecule has 5 heteroatoms. The van der Waals surface area contributed by atoms with Gasteiger partial charge in [-0.05, 0) is 36.4 Å². The summed E-state index contributed by atoms with van der Waals surface area (Å²) in [6, 6.07) is 10.3. The summed E-state index contributed by atoms with van der Waals surface area (Å²) in [5.41, 5.74) is 1.50. The molecular weight excluding hydrogens is 302 g/mol. The normalized spacial score (nSPS) is 10.8. The van der Waals surface area contributed by atoms with Gasteiger partial charge in [0, 0.05) is 30.0 Å². The minimum atomic E-state index is -0.233. The Morgan fingerprint density at radius 2 is 1.91 bits per heavy atom. The lowest BCUT2D eigenvalue weighted by molar-refractivity contribution is 0.0915. The summed E-state index contributed by atoms with van der Waals surface area (Å²) in [6.07, 6.45) is 3.29. The molecule has 3 rings (SSSR count). The van der Waals surface area contributed by atoms with Gasteiger partial charge in [-0.3, -0.25) is 14.6 Å². The fraction of sp³-hybridized carbons (Fsp3) is 0.118. The first kappa shape index (κ1) is 14.5. The average molecular weight is 314 g/mol. The highest BCUT2D eigenvalue weighted by atomic mass is 35.5. The zero-order valence-corrected chi connectivity index (χ0v) is 12.3. The van der Waals surface area contributed by atoms with Crippen LogP contribution < -0.4 is 0 Å². The number of nitrogens with zero attached hydrogens (tertiary/aromatic N) is 1. The molecule has 0 bridgehead atoms. The molecule has 0 radical (unpaired) electrons. The molecule has 2 heterocycles. The van der Waals surface area contributed by atoms with Crippen molar-refractivity contribution in [3.8, 4) is 0 Å². The first-order valence-corrected chi connectivity index (χ1v) is 7.17. The number of benzene rings is 1. The molecule has 0 unspecified atom stereocenters. The Bertz CT molecular complexity index is 854. The molecule has 0 atom stereocenters. The molecule has 2 aromatic heterocycles. The summed E-state index contributed by atoms with van der Waals surface area (Å²) in [5.74, 6) is -0.327. The van der Waals surface area contributed by atoms with Gasteiger partial charge in [-0.15, -0.1) is 0 Å². The van der Waals surface area contributed by atoms with Gasteiger partial charge in [-0.25, -0.2) is 0 Å². The van der Waals surface area contributed by atoms with E-state index in [1.54, 1.807) is 42.7 Å². The van der Waals surface area contributed by atoms with Crippen LogP contribution in [0.1, 0.15) is 33.7 Å². The minimum Gasteiger partial charge on any atom is -0.464 e. The zero-order valence-electron chi connectivity index (χ0n) is 11.6. The number of furan rings is 1. The number of aromatic nitrogens is 1. The smallest absolute Gasteiger partial charge is 0.183 e. The van der Waals surface area contributed by atoms with E-state index in [1.807, 2.05) is 0 Å². The number of halogens is 1. The molecule has 0 aliphatic rings.